The molecule has 19 heavy (non-hydrogen) atoms. The van der Waals surface area contributed by atoms with Crippen molar-refractivity contribution in [1.82, 2.24) is 20.1 Å². The number of rotatable bonds is 6. The highest BCUT2D eigenvalue weighted by molar-refractivity contribution is 6.29. The quantitative estimate of drug-likeness (QED) is 0.652. The first-order valence-electron chi connectivity index (χ1n) is 6.14. The van der Waals surface area contributed by atoms with Crippen LogP contribution in [0.3, 0.4) is 0 Å². The van der Waals surface area contributed by atoms with Gasteiger partial charge in [-0.05, 0) is 18.6 Å². The zero-order valence-corrected chi connectivity index (χ0v) is 11.7. The fraction of sp³-hybridized carbons (Fsp3) is 0.286. The number of aryl methyl sites for hydroxylation is 1. The van der Waals surface area contributed by atoms with E-state index >= 15 is 0 Å². The summed E-state index contributed by atoms with van der Waals surface area (Å²) >= 11 is 5.74. The molecule has 0 amide bonds. The van der Waals surface area contributed by atoms with Gasteiger partial charge >= 0.3 is 0 Å². The first-order chi connectivity index (χ1) is 9.19. The van der Waals surface area contributed by atoms with E-state index in [1.165, 1.54) is 5.56 Å². The minimum absolute atomic E-state index is 0.519. The van der Waals surface area contributed by atoms with Gasteiger partial charge in [0.2, 0.25) is 0 Å². The van der Waals surface area contributed by atoms with E-state index in [-0.39, 0.29) is 0 Å². The van der Waals surface area contributed by atoms with Crippen LogP contribution in [-0.2, 0) is 19.6 Å². The van der Waals surface area contributed by atoms with Gasteiger partial charge in [-0.15, -0.1) is 6.58 Å². The molecule has 100 valence electrons. The summed E-state index contributed by atoms with van der Waals surface area (Å²) in [6.45, 7) is 8.01. The Morgan fingerprint density at radius 1 is 1.42 bits per heavy atom. The van der Waals surface area contributed by atoms with Gasteiger partial charge in [0.15, 0.2) is 0 Å². The average molecular weight is 277 g/mol. The lowest BCUT2D eigenvalue weighted by atomic mass is 10.2. The fourth-order valence-corrected chi connectivity index (χ4v) is 1.92. The van der Waals surface area contributed by atoms with Crippen LogP contribution < -0.4 is 5.32 Å². The van der Waals surface area contributed by atoms with Crippen LogP contribution in [0.25, 0.3) is 0 Å². The first kappa shape index (κ1) is 13.8. The highest BCUT2D eigenvalue weighted by Crippen LogP contribution is 2.07. The summed E-state index contributed by atoms with van der Waals surface area (Å²) in [6, 6.07) is 3.77. The summed E-state index contributed by atoms with van der Waals surface area (Å²) < 4.78 is 1.89. The molecule has 2 aromatic rings. The number of halogens is 1. The molecule has 2 aromatic heterocycles. The molecule has 2 heterocycles. The molecule has 1 N–H and O–H groups in total. The van der Waals surface area contributed by atoms with Gasteiger partial charge in [0.1, 0.15) is 5.15 Å². The van der Waals surface area contributed by atoms with Crippen molar-refractivity contribution in [1.29, 1.82) is 0 Å². The van der Waals surface area contributed by atoms with E-state index < -0.39 is 0 Å². The van der Waals surface area contributed by atoms with Crippen molar-refractivity contribution >= 4 is 11.6 Å². The topological polar surface area (TPSA) is 42.7 Å². The summed E-state index contributed by atoms with van der Waals surface area (Å²) in [7, 11) is 0. The van der Waals surface area contributed by atoms with E-state index in [1.54, 1.807) is 12.3 Å². The molecule has 0 aliphatic heterocycles. The standard InChI is InChI=1S/C14H17ClN4/c1-3-6-19-10-13(11(2)18-19)9-16-7-12-4-5-14(15)17-8-12/h3-5,8,10,16H,1,6-7,9H2,2H3. The van der Waals surface area contributed by atoms with Crippen molar-refractivity contribution in [2.45, 2.75) is 26.6 Å². The van der Waals surface area contributed by atoms with Gasteiger partial charge in [0, 0.05) is 31.0 Å². The second-order valence-electron chi connectivity index (χ2n) is 4.34. The SMILES string of the molecule is C=CCn1cc(CNCc2ccc(Cl)nc2)c(C)n1. The fourth-order valence-electron chi connectivity index (χ4n) is 1.81. The lowest BCUT2D eigenvalue weighted by Crippen LogP contribution is -2.13. The molecular formula is C14H17ClN4. The van der Waals surface area contributed by atoms with Crippen LogP contribution in [0, 0.1) is 6.92 Å². The third-order valence-electron chi connectivity index (χ3n) is 2.80. The Balaban J connectivity index is 1.88. The minimum Gasteiger partial charge on any atom is -0.308 e. The molecule has 0 spiro atoms. The van der Waals surface area contributed by atoms with E-state index in [0.717, 1.165) is 30.9 Å². The Labute approximate surface area is 118 Å². The zero-order chi connectivity index (χ0) is 13.7. The number of allylic oxidation sites excluding steroid dienone is 1. The van der Waals surface area contributed by atoms with Crippen molar-refractivity contribution in [3.8, 4) is 0 Å². The number of nitrogens with zero attached hydrogens (tertiary/aromatic N) is 3. The lowest BCUT2D eigenvalue weighted by Gasteiger charge is -2.03. The van der Waals surface area contributed by atoms with Gasteiger partial charge in [-0.25, -0.2) is 4.98 Å². The summed E-state index contributed by atoms with van der Waals surface area (Å²) in [6.07, 6.45) is 5.66. The Morgan fingerprint density at radius 2 is 2.26 bits per heavy atom. The van der Waals surface area contributed by atoms with Crippen molar-refractivity contribution in [2.24, 2.45) is 0 Å². The van der Waals surface area contributed by atoms with E-state index in [4.69, 9.17) is 11.6 Å². The molecular weight excluding hydrogens is 260 g/mol. The molecule has 0 aliphatic carbocycles. The normalized spacial score (nSPS) is 10.6. The summed E-state index contributed by atoms with van der Waals surface area (Å²) in [5.74, 6) is 0. The minimum atomic E-state index is 0.519. The Morgan fingerprint density at radius 3 is 2.95 bits per heavy atom. The molecule has 2 rings (SSSR count). The van der Waals surface area contributed by atoms with Gasteiger partial charge in [-0.1, -0.05) is 23.7 Å². The first-order valence-corrected chi connectivity index (χ1v) is 6.52. The predicted molar refractivity (Wildman–Crippen MR) is 77.0 cm³/mol. The van der Waals surface area contributed by atoms with Crippen molar-refractivity contribution < 1.29 is 0 Å². The Kier molecular flexibility index (Phi) is 4.71. The molecule has 5 heteroatoms. The summed E-state index contributed by atoms with van der Waals surface area (Å²) in [5, 5.41) is 8.30. The van der Waals surface area contributed by atoms with Crippen LogP contribution in [0.5, 0.6) is 0 Å². The maximum atomic E-state index is 5.74. The van der Waals surface area contributed by atoms with Gasteiger partial charge in [-0.2, -0.15) is 5.10 Å². The zero-order valence-electron chi connectivity index (χ0n) is 10.9. The maximum absolute atomic E-state index is 5.74. The molecule has 4 nitrogen and oxygen atoms in total. The summed E-state index contributed by atoms with van der Waals surface area (Å²) in [5.41, 5.74) is 3.35. The number of hydrogen-bond donors (Lipinski definition) is 1. The second kappa shape index (κ2) is 6.50. The monoisotopic (exact) mass is 276 g/mol. The van der Waals surface area contributed by atoms with Crippen molar-refractivity contribution in [3.63, 3.8) is 0 Å². The van der Waals surface area contributed by atoms with E-state index in [0.29, 0.717) is 5.15 Å². The molecule has 0 fully saturated rings. The van der Waals surface area contributed by atoms with Gasteiger partial charge in [0.25, 0.3) is 0 Å². The van der Waals surface area contributed by atoms with E-state index in [1.807, 2.05) is 29.9 Å². The number of hydrogen-bond acceptors (Lipinski definition) is 3. The van der Waals surface area contributed by atoms with Crippen LogP contribution in [-0.4, -0.2) is 14.8 Å². The van der Waals surface area contributed by atoms with Crippen LogP contribution >= 0.6 is 11.6 Å². The molecule has 0 atom stereocenters. The van der Waals surface area contributed by atoms with Gasteiger partial charge in [0.05, 0.1) is 12.2 Å². The van der Waals surface area contributed by atoms with Crippen LogP contribution in [0.2, 0.25) is 5.15 Å². The maximum Gasteiger partial charge on any atom is 0.129 e. The van der Waals surface area contributed by atoms with Crippen LogP contribution in [0.4, 0.5) is 0 Å². The van der Waals surface area contributed by atoms with Crippen molar-refractivity contribution in [2.75, 3.05) is 0 Å². The smallest absolute Gasteiger partial charge is 0.129 e. The Bertz CT molecular complexity index is 545. The van der Waals surface area contributed by atoms with Gasteiger partial charge in [-0.3, -0.25) is 4.68 Å². The van der Waals surface area contributed by atoms with E-state index in [9.17, 15) is 0 Å². The molecule has 0 unspecified atom stereocenters. The number of aromatic nitrogens is 3. The number of pyridine rings is 1. The van der Waals surface area contributed by atoms with Crippen molar-refractivity contribution in [3.05, 3.63) is 59.2 Å². The third-order valence-corrected chi connectivity index (χ3v) is 3.02. The Hall–Kier alpha value is -1.65. The third kappa shape index (κ3) is 3.91. The van der Waals surface area contributed by atoms with E-state index in [2.05, 4.69) is 22.0 Å². The molecule has 0 saturated carbocycles. The molecule has 0 aromatic carbocycles. The molecule has 0 aliphatic rings. The highest BCUT2D eigenvalue weighted by atomic mass is 35.5. The number of nitrogens with one attached hydrogen (secondary N) is 1. The molecule has 0 radical (unpaired) electrons. The highest BCUT2D eigenvalue weighted by Gasteiger charge is 2.03. The summed E-state index contributed by atoms with van der Waals surface area (Å²) in [4.78, 5) is 4.05. The largest absolute Gasteiger partial charge is 0.308 e. The lowest BCUT2D eigenvalue weighted by molar-refractivity contribution is 0.683. The molecule has 0 bridgehead atoms. The van der Waals surface area contributed by atoms with Crippen LogP contribution in [0.1, 0.15) is 16.8 Å². The van der Waals surface area contributed by atoms with Crippen LogP contribution in [0.15, 0.2) is 37.2 Å². The van der Waals surface area contributed by atoms with Gasteiger partial charge < -0.3 is 5.32 Å². The predicted octanol–water partition coefficient (Wildman–Crippen LogP) is 2.72. The molecule has 0 saturated heterocycles. The average Bonchev–Trinajstić information content (AvgIpc) is 2.73. The second-order valence-corrected chi connectivity index (χ2v) is 4.73.